The summed E-state index contributed by atoms with van der Waals surface area (Å²) in [4.78, 5) is 20.2. The van der Waals surface area contributed by atoms with Crippen molar-refractivity contribution in [3.63, 3.8) is 0 Å². The summed E-state index contributed by atoms with van der Waals surface area (Å²) < 4.78 is 57.9. The maximum Gasteiger partial charge on any atom is 0.573 e. The van der Waals surface area contributed by atoms with Gasteiger partial charge in [0.05, 0.1) is 5.56 Å². The SMILES string of the molecule is O=C(Nc1nc(-c2ccccn2)ns1)c1ccc(OC(F)(F)F)cc1F. The van der Waals surface area contributed by atoms with E-state index in [1.165, 1.54) is 0 Å². The molecule has 0 saturated carbocycles. The van der Waals surface area contributed by atoms with Gasteiger partial charge in [0.15, 0.2) is 5.82 Å². The second-order valence-electron chi connectivity index (χ2n) is 4.78. The first kappa shape index (κ1) is 17.7. The van der Waals surface area contributed by atoms with E-state index in [0.717, 1.165) is 23.7 Å². The molecule has 0 saturated heterocycles. The Morgan fingerprint density at radius 2 is 2.00 bits per heavy atom. The Hall–Kier alpha value is -3.08. The molecule has 0 bridgehead atoms. The van der Waals surface area contributed by atoms with Crippen molar-refractivity contribution in [3.8, 4) is 17.3 Å². The standard InChI is InChI=1S/C15H8F4N4O2S/c16-10-7-8(25-15(17,18)19)4-5-9(10)13(24)22-14-21-12(23-26-14)11-3-1-2-6-20-11/h1-7H,(H,21,22,23,24). The van der Waals surface area contributed by atoms with E-state index >= 15 is 0 Å². The van der Waals surface area contributed by atoms with Crippen molar-refractivity contribution in [1.29, 1.82) is 0 Å². The zero-order chi connectivity index (χ0) is 18.7. The van der Waals surface area contributed by atoms with Gasteiger partial charge in [0.1, 0.15) is 17.3 Å². The van der Waals surface area contributed by atoms with E-state index in [1.54, 1.807) is 24.4 Å². The number of anilines is 1. The molecular formula is C15H8F4N4O2S. The molecule has 6 nitrogen and oxygen atoms in total. The predicted molar refractivity (Wildman–Crippen MR) is 84.2 cm³/mol. The molecule has 3 aromatic rings. The lowest BCUT2D eigenvalue weighted by molar-refractivity contribution is -0.274. The third kappa shape index (κ3) is 4.30. The van der Waals surface area contributed by atoms with Gasteiger partial charge in [-0.1, -0.05) is 6.07 Å². The number of pyridine rings is 1. The van der Waals surface area contributed by atoms with Crippen LogP contribution in [-0.4, -0.2) is 26.6 Å². The Morgan fingerprint density at radius 3 is 2.65 bits per heavy atom. The molecule has 0 aliphatic rings. The van der Waals surface area contributed by atoms with Crippen LogP contribution in [0.1, 0.15) is 10.4 Å². The average molecular weight is 384 g/mol. The Morgan fingerprint density at radius 1 is 1.19 bits per heavy atom. The maximum absolute atomic E-state index is 13.9. The molecule has 1 aromatic carbocycles. The molecule has 0 unspecified atom stereocenters. The van der Waals surface area contributed by atoms with Gasteiger partial charge in [-0.2, -0.15) is 9.36 Å². The van der Waals surface area contributed by atoms with E-state index in [-0.39, 0.29) is 11.0 Å². The summed E-state index contributed by atoms with van der Waals surface area (Å²) in [5, 5.41) is 2.42. The van der Waals surface area contributed by atoms with Crippen LogP contribution in [0.5, 0.6) is 5.75 Å². The number of alkyl halides is 3. The molecule has 11 heteroatoms. The van der Waals surface area contributed by atoms with E-state index in [2.05, 4.69) is 24.4 Å². The van der Waals surface area contributed by atoms with Crippen molar-refractivity contribution in [2.75, 3.05) is 5.32 Å². The van der Waals surface area contributed by atoms with Gasteiger partial charge in [0.2, 0.25) is 5.13 Å². The summed E-state index contributed by atoms with van der Waals surface area (Å²) in [6, 6.07) is 7.32. The summed E-state index contributed by atoms with van der Waals surface area (Å²) >= 11 is 0.855. The minimum Gasteiger partial charge on any atom is -0.406 e. The van der Waals surface area contributed by atoms with Crippen molar-refractivity contribution in [2.24, 2.45) is 0 Å². The van der Waals surface area contributed by atoms with Crippen molar-refractivity contribution in [3.05, 3.63) is 54.0 Å². The van der Waals surface area contributed by atoms with Gasteiger partial charge >= 0.3 is 6.36 Å². The van der Waals surface area contributed by atoms with Crippen LogP contribution in [0.15, 0.2) is 42.6 Å². The van der Waals surface area contributed by atoms with E-state index in [4.69, 9.17) is 0 Å². The van der Waals surface area contributed by atoms with Crippen molar-refractivity contribution in [2.45, 2.75) is 6.36 Å². The zero-order valence-corrected chi connectivity index (χ0v) is 13.4. The van der Waals surface area contributed by atoms with Crippen molar-refractivity contribution in [1.82, 2.24) is 14.3 Å². The van der Waals surface area contributed by atoms with Crippen LogP contribution in [0.4, 0.5) is 22.7 Å². The Bertz CT molecular complexity index is 931. The second kappa shape index (κ2) is 7.04. The molecule has 3 rings (SSSR count). The number of nitrogens with zero attached hydrogens (tertiary/aromatic N) is 3. The van der Waals surface area contributed by atoms with Crippen LogP contribution >= 0.6 is 11.5 Å². The number of hydrogen-bond acceptors (Lipinski definition) is 6. The summed E-state index contributed by atoms with van der Waals surface area (Å²) in [5.41, 5.74) is 0.0261. The highest BCUT2D eigenvalue weighted by Crippen LogP contribution is 2.25. The average Bonchev–Trinajstić information content (AvgIpc) is 3.02. The molecule has 1 amide bonds. The van der Waals surface area contributed by atoms with Gasteiger partial charge in [-0.3, -0.25) is 15.1 Å². The number of rotatable bonds is 4. The summed E-state index contributed by atoms with van der Waals surface area (Å²) in [6.45, 7) is 0. The summed E-state index contributed by atoms with van der Waals surface area (Å²) in [5.74, 6) is -2.54. The lowest BCUT2D eigenvalue weighted by atomic mass is 10.2. The van der Waals surface area contributed by atoms with E-state index in [9.17, 15) is 22.4 Å². The van der Waals surface area contributed by atoms with Crippen LogP contribution in [-0.2, 0) is 0 Å². The second-order valence-corrected chi connectivity index (χ2v) is 5.53. The number of amides is 1. The summed E-state index contributed by atoms with van der Waals surface area (Å²) in [6.07, 6.45) is -3.40. The maximum atomic E-state index is 13.9. The number of hydrogen-bond donors (Lipinski definition) is 1. The number of ether oxygens (including phenoxy) is 1. The van der Waals surface area contributed by atoms with Gasteiger partial charge in [-0.25, -0.2) is 4.39 Å². The fourth-order valence-corrected chi connectivity index (χ4v) is 2.49. The molecule has 134 valence electrons. The number of carbonyl (C=O) groups is 1. The van der Waals surface area contributed by atoms with Crippen LogP contribution in [0.25, 0.3) is 11.5 Å². The van der Waals surface area contributed by atoms with E-state index in [0.29, 0.717) is 11.8 Å². The van der Waals surface area contributed by atoms with Gasteiger partial charge in [0.25, 0.3) is 5.91 Å². The highest BCUT2D eigenvalue weighted by Gasteiger charge is 2.31. The third-order valence-electron chi connectivity index (χ3n) is 2.96. The first-order valence-corrected chi connectivity index (χ1v) is 7.71. The third-order valence-corrected chi connectivity index (χ3v) is 3.59. The Labute approximate surface area is 147 Å². The number of carbonyl (C=O) groups excluding carboxylic acids is 1. The molecular weight excluding hydrogens is 376 g/mol. The summed E-state index contributed by atoms with van der Waals surface area (Å²) in [7, 11) is 0. The fraction of sp³-hybridized carbons (Fsp3) is 0.0667. The topological polar surface area (TPSA) is 77.0 Å². The fourth-order valence-electron chi connectivity index (χ4n) is 1.91. The van der Waals surface area contributed by atoms with E-state index < -0.39 is 29.4 Å². The molecule has 1 N–H and O–H groups in total. The van der Waals surface area contributed by atoms with Gasteiger partial charge in [-0.05, 0) is 24.3 Å². The molecule has 0 aliphatic carbocycles. The molecule has 26 heavy (non-hydrogen) atoms. The number of nitrogens with one attached hydrogen (secondary N) is 1. The molecule has 0 fully saturated rings. The number of aromatic nitrogens is 3. The lowest BCUT2D eigenvalue weighted by Crippen LogP contribution is -2.18. The van der Waals surface area contributed by atoms with Crippen LogP contribution in [0, 0.1) is 5.82 Å². The lowest BCUT2D eigenvalue weighted by Gasteiger charge is -2.09. The molecule has 2 aromatic heterocycles. The minimum atomic E-state index is -4.95. The van der Waals surface area contributed by atoms with Gasteiger partial charge in [0, 0.05) is 23.8 Å². The Kier molecular flexibility index (Phi) is 4.80. The van der Waals surface area contributed by atoms with Gasteiger partial charge in [-0.15, -0.1) is 13.2 Å². The minimum absolute atomic E-state index is 0.0886. The number of halogens is 4. The molecule has 0 atom stereocenters. The molecule has 0 aliphatic heterocycles. The van der Waals surface area contributed by atoms with E-state index in [1.807, 2.05) is 0 Å². The molecule has 0 radical (unpaired) electrons. The molecule has 2 heterocycles. The largest absolute Gasteiger partial charge is 0.573 e. The highest BCUT2D eigenvalue weighted by molar-refractivity contribution is 7.10. The normalized spacial score (nSPS) is 11.2. The zero-order valence-electron chi connectivity index (χ0n) is 12.6. The monoisotopic (exact) mass is 384 g/mol. The first-order chi connectivity index (χ1) is 12.3. The van der Waals surface area contributed by atoms with Crippen LogP contribution in [0.3, 0.4) is 0 Å². The van der Waals surface area contributed by atoms with Crippen molar-refractivity contribution < 1.29 is 27.1 Å². The first-order valence-electron chi connectivity index (χ1n) is 6.93. The highest BCUT2D eigenvalue weighted by atomic mass is 32.1. The van der Waals surface area contributed by atoms with Crippen LogP contribution < -0.4 is 10.1 Å². The quantitative estimate of drug-likeness (QED) is 0.691. The predicted octanol–water partition coefficient (Wildman–Crippen LogP) is 3.89. The van der Waals surface area contributed by atoms with Gasteiger partial charge < -0.3 is 4.74 Å². The smallest absolute Gasteiger partial charge is 0.406 e. The number of benzene rings is 1. The molecule has 0 spiro atoms. The Balaban J connectivity index is 1.73. The van der Waals surface area contributed by atoms with Crippen LogP contribution in [0.2, 0.25) is 0 Å². The van der Waals surface area contributed by atoms with Crippen molar-refractivity contribution >= 4 is 22.6 Å².